The van der Waals surface area contributed by atoms with Gasteiger partial charge in [-0.15, -0.1) is 11.3 Å². The summed E-state index contributed by atoms with van der Waals surface area (Å²) >= 11 is 1.50. The SMILES string of the molecule is O=C(O)C1CCc2sc(-c3ncccn3)nc21. The molecule has 2 aromatic heterocycles. The smallest absolute Gasteiger partial charge is 0.312 e. The molecule has 0 fully saturated rings. The highest BCUT2D eigenvalue weighted by atomic mass is 32.1. The lowest BCUT2D eigenvalue weighted by molar-refractivity contribution is -0.138. The molecule has 1 aliphatic carbocycles. The minimum absolute atomic E-state index is 0.460. The zero-order chi connectivity index (χ0) is 11.8. The number of carboxylic acids is 1. The zero-order valence-electron chi connectivity index (χ0n) is 8.83. The zero-order valence-corrected chi connectivity index (χ0v) is 9.65. The predicted molar refractivity (Wildman–Crippen MR) is 61.8 cm³/mol. The van der Waals surface area contributed by atoms with Crippen LogP contribution in [0, 0.1) is 0 Å². The van der Waals surface area contributed by atoms with E-state index in [4.69, 9.17) is 5.11 Å². The van der Waals surface area contributed by atoms with Gasteiger partial charge in [-0.1, -0.05) is 0 Å². The van der Waals surface area contributed by atoms with E-state index in [0.717, 1.165) is 11.3 Å². The van der Waals surface area contributed by atoms with Gasteiger partial charge < -0.3 is 5.11 Å². The number of hydrogen-bond donors (Lipinski definition) is 1. The summed E-state index contributed by atoms with van der Waals surface area (Å²) in [6, 6.07) is 1.74. The second kappa shape index (κ2) is 3.89. The molecule has 6 heteroatoms. The molecule has 86 valence electrons. The molecule has 1 aliphatic rings. The van der Waals surface area contributed by atoms with Crippen molar-refractivity contribution in [1.82, 2.24) is 15.0 Å². The van der Waals surface area contributed by atoms with Gasteiger partial charge in [0.25, 0.3) is 0 Å². The Hall–Kier alpha value is -1.82. The summed E-state index contributed by atoms with van der Waals surface area (Å²) < 4.78 is 0. The molecular weight excluding hydrogens is 238 g/mol. The van der Waals surface area contributed by atoms with Gasteiger partial charge in [0.15, 0.2) is 10.8 Å². The molecule has 0 bridgehead atoms. The number of thiazole rings is 1. The van der Waals surface area contributed by atoms with E-state index < -0.39 is 11.9 Å². The third-order valence-electron chi connectivity index (χ3n) is 2.77. The number of carboxylic acid groups (broad SMARTS) is 1. The van der Waals surface area contributed by atoms with Crippen molar-refractivity contribution in [3.05, 3.63) is 29.0 Å². The van der Waals surface area contributed by atoms with Crippen molar-refractivity contribution in [2.24, 2.45) is 0 Å². The lowest BCUT2D eigenvalue weighted by Gasteiger charge is -2.00. The van der Waals surface area contributed by atoms with E-state index in [1.807, 2.05) is 0 Å². The second-order valence-electron chi connectivity index (χ2n) is 3.83. The molecule has 0 aliphatic heterocycles. The predicted octanol–water partition coefficient (Wildman–Crippen LogP) is 1.71. The monoisotopic (exact) mass is 247 g/mol. The number of aliphatic carboxylic acids is 1. The van der Waals surface area contributed by atoms with Gasteiger partial charge in [0.05, 0.1) is 5.69 Å². The minimum atomic E-state index is -0.797. The molecule has 0 aromatic carbocycles. The van der Waals surface area contributed by atoms with Gasteiger partial charge in [0.1, 0.15) is 5.92 Å². The Morgan fingerprint density at radius 2 is 2.18 bits per heavy atom. The van der Waals surface area contributed by atoms with Crippen molar-refractivity contribution in [1.29, 1.82) is 0 Å². The average Bonchev–Trinajstić information content (AvgIpc) is 2.88. The standard InChI is InChI=1S/C11H9N3O2S/c15-11(16)6-2-3-7-8(6)14-10(17-7)9-12-4-1-5-13-9/h1,4-6H,2-3H2,(H,15,16). The maximum atomic E-state index is 11.0. The number of nitrogens with zero attached hydrogens (tertiary/aromatic N) is 3. The fraction of sp³-hybridized carbons (Fsp3) is 0.273. The van der Waals surface area contributed by atoms with Gasteiger partial charge in [0, 0.05) is 17.3 Å². The minimum Gasteiger partial charge on any atom is -0.481 e. The Morgan fingerprint density at radius 3 is 2.88 bits per heavy atom. The third kappa shape index (κ3) is 1.70. The van der Waals surface area contributed by atoms with E-state index in [9.17, 15) is 4.79 Å². The summed E-state index contributed by atoms with van der Waals surface area (Å²) in [5.41, 5.74) is 0.699. The molecule has 2 aromatic rings. The number of carbonyl (C=O) groups is 1. The summed E-state index contributed by atoms with van der Waals surface area (Å²) in [5, 5.41) is 9.78. The first-order valence-electron chi connectivity index (χ1n) is 5.25. The normalized spacial score (nSPS) is 18.0. The first-order chi connectivity index (χ1) is 8.25. The van der Waals surface area contributed by atoms with E-state index in [-0.39, 0.29) is 0 Å². The molecule has 1 N–H and O–H groups in total. The van der Waals surface area contributed by atoms with E-state index in [2.05, 4.69) is 15.0 Å². The molecule has 3 rings (SSSR count). The number of aryl methyl sites for hydroxylation is 1. The Kier molecular flexibility index (Phi) is 2.36. The number of aromatic nitrogens is 3. The van der Waals surface area contributed by atoms with Crippen LogP contribution in [-0.2, 0) is 11.2 Å². The Morgan fingerprint density at radius 1 is 1.41 bits per heavy atom. The van der Waals surface area contributed by atoms with Crippen molar-refractivity contribution in [2.45, 2.75) is 18.8 Å². The van der Waals surface area contributed by atoms with Crippen LogP contribution in [0.5, 0.6) is 0 Å². The summed E-state index contributed by atoms with van der Waals surface area (Å²) in [6.07, 6.45) is 4.75. The van der Waals surface area contributed by atoms with Crippen molar-refractivity contribution in [3.8, 4) is 10.8 Å². The maximum Gasteiger partial charge on any atom is 0.312 e. The van der Waals surface area contributed by atoms with Gasteiger partial charge in [-0.25, -0.2) is 15.0 Å². The molecule has 17 heavy (non-hydrogen) atoms. The lowest BCUT2D eigenvalue weighted by Crippen LogP contribution is -2.08. The van der Waals surface area contributed by atoms with Crippen LogP contribution in [0.15, 0.2) is 18.5 Å². The number of hydrogen-bond acceptors (Lipinski definition) is 5. The lowest BCUT2D eigenvalue weighted by atomic mass is 10.1. The van der Waals surface area contributed by atoms with Crippen molar-refractivity contribution in [2.75, 3.05) is 0 Å². The largest absolute Gasteiger partial charge is 0.481 e. The van der Waals surface area contributed by atoms with Gasteiger partial charge in [-0.2, -0.15) is 0 Å². The van der Waals surface area contributed by atoms with Crippen LogP contribution in [0.1, 0.15) is 22.9 Å². The number of rotatable bonds is 2. The number of fused-ring (bicyclic) bond motifs is 1. The van der Waals surface area contributed by atoms with Crippen molar-refractivity contribution < 1.29 is 9.90 Å². The molecular formula is C11H9N3O2S. The Bertz CT molecular complexity index is 567. The molecule has 0 saturated heterocycles. The average molecular weight is 247 g/mol. The van der Waals surface area contributed by atoms with Crippen LogP contribution >= 0.6 is 11.3 Å². The van der Waals surface area contributed by atoms with Crippen LogP contribution < -0.4 is 0 Å². The van der Waals surface area contributed by atoms with Crippen molar-refractivity contribution >= 4 is 17.3 Å². The highest BCUT2D eigenvalue weighted by Crippen LogP contribution is 2.38. The second-order valence-corrected chi connectivity index (χ2v) is 4.91. The van der Waals surface area contributed by atoms with Crippen LogP contribution in [0.3, 0.4) is 0 Å². The van der Waals surface area contributed by atoms with Crippen LogP contribution in [0.2, 0.25) is 0 Å². The van der Waals surface area contributed by atoms with Gasteiger partial charge in [-0.05, 0) is 18.9 Å². The molecule has 0 saturated carbocycles. The summed E-state index contributed by atoms with van der Waals surface area (Å²) in [5.74, 6) is -0.690. The summed E-state index contributed by atoms with van der Waals surface area (Å²) in [4.78, 5) is 24.7. The first kappa shape index (κ1) is 10.3. The molecule has 2 heterocycles. The van der Waals surface area contributed by atoms with Crippen LogP contribution in [0.25, 0.3) is 10.8 Å². The fourth-order valence-electron chi connectivity index (χ4n) is 1.97. The molecule has 0 amide bonds. The Labute approximate surface area is 101 Å². The summed E-state index contributed by atoms with van der Waals surface area (Å²) in [7, 11) is 0. The quantitative estimate of drug-likeness (QED) is 0.874. The highest BCUT2D eigenvalue weighted by Gasteiger charge is 2.32. The van der Waals surface area contributed by atoms with E-state index in [1.54, 1.807) is 18.5 Å². The molecule has 0 radical (unpaired) electrons. The maximum absolute atomic E-state index is 11.0. The molecule has 0 spiro atoms. The van der Waals surface area contributed by atoms with E-state index in [0.29, 0.717) is 22.9 Å². The fourth-order valence-corrected chi connectivity index (χ4v) is 3.06. The third-order valence-corrected chi connectivity index (χ3v) is 3.90. The Balaban J connectivity index is 2.02. The van der Waals surface area contributed by atoms with Crippen LogP contribution in [0.4, 0.5) is 0 Å². The van der Waals surface area contributed by atoms with Gasteiger partial charge in [-0.3, -0.25) is 4.79 Å². The van der Waals surface area contributed by atoms with Crippen LogP contribution in [-0.4, -0.2) is 26.0 Å². The molecule has 1 unspecified atom stereocenters. The highest BCUT2D eigenvalue weighted by molar-refractivity contribution is 7.15. The first-order valence-corrected chi connectivity index (χ1v) is 6.07. The topological polar surface area (TPSA) is 76.0 Å². The van der Waals surface area contributed by atoms with E-state index >= 15 is 0 Å². The van der Waals surface area contributed by atoms with Gasteiger partial charge in [0.2, 0.25) is 0 Å². The molecule has 1 atom stereocenters. The van der Waals surface area contributed by atoms with Gasteiger partial charge >= 0.3 is 5.97 Å². The summed E-state index contributed by atoms with van der Waals surface area (Å²) in [6.45, 7) is 0. The van der Waals surface area contributed by atoms with Crippen molar-refractivity contribution in [3.63, 3.8) is 0 Å². The molecule has 5 nitrogen and oxygen atoms in total. The van der Waals surface area contributed by atoms with E-state index in [1.165, 1.54) is 11.3 Å².